The zero-order chi connectivity index (χ0) is 15.1. The smallest absolute Gasteiger partial charge is 0.138 e. The summed E-state index contributed by atoms with van der Waals surface area (Å²) in [4.78, 5) is 0. The predicted octanol–water partition coefficient (Wildman–Crippen LogP) is 6.06. The lowest BCUT2D eigenvalue weighted by Gasteiger charge is -2.11. The van der Waals surface area contributed by atoms with Crippen LogP contribution in [0.25, 0.3) is 0 Å². The molecule has 112 valence electrons. The lowest BCUT2D eigenvalue weighted by Crippen LogP contribution is -2.01. The van der Waals surface area contributed by atoms with Crippen molar-refractivity contribution in [2.45, 2.75) is 39.0 Å². The van der Waals surface area contributed by atoms with Gasteiger partial charge in [0.2, 0.25) is 0 Å². The van der Waals surface area contributed by atoms with E-state index in [1.54, 1.807) is 0 Å². The van der Waals surface area contributed by atoms with Crippen LogP contribution in [0.5, 0.6) is 5.75 Å². The second-order valence-electron chi connectivity index (χ2n) is 5.63. The van der Waals surface area contributed by atoms with Crippen LogP contribution < -0.4 is 4.74 Å². The largest absolute Gasteiger partial charge is 0.487 e. The zero-order valence-electron chi connectivity index (χ0n) is 12.8. The van der Waals surface area contributed by atoms with Gasteiger partial charge in [-0.25, -0.2) is 0 Å². The number of rotatable bonds is 4. The number of hydrogen-bond acceptors (Lipinski definition) is 1. The number of halogens is 1. The van der Waals surface area contributed by atoms with Gasteiger partial charge in [0.05, 0.1) is 5.02 Å². The Morgan fingerprint density at radius 2 is 2.05 bits per heavy atom. The Morgan fingerprint density at radius 1 is 1.19 bits per heavy atom. The third-order valence-electron chi connectivity index (χ3n) is 3.56. The quantitative estimate of drug-likeness (QED) is 0.656. The van der Waals surface area contributed by atoms with Gasteiger partial charge in [-0.05, 0) is 48.4 Å². The van der Waals surface area contributed by atoms with Crippen LogP contribution in [-0.2, 0) is 0 Å². The summed E-state index contributed by atoms with van der Waals surface area (Å²) in [6.07, 6.45) is 14.2. The fourth-order valence-electron chi connectivity index (χ4n) is 2.21. The molecule has 1 aliphatic rings. The summed E-state index contributed by atoms with van der Waals surface area (Å²) in [7, 11) is 0. The van der Waals surface area contributed by atoms with Crippen LogP contribution in [-0.4, -0.2) is 6.61 Å². The van der Waals surface area contributed by atoms with Gasteiger partial charge in [0.1, 0.15) is 12.4 Å². The average Bonchev–Trinajstić information content (AvgIpc) is 2.59. The molecule has 0 radical (unpaired) electrons. The maximum Gasteiger partial charge on any atom is 0.138 e. The lowest BCUT2D eigenvalue weighted by molar-refractivity contribution is 0.355. The highest BCUT2D eigenvalue weighted by atomic mass is 35.5. The predicted molar refractivity (Wildman–Crippen MR) is 91.3 cm³/mol. The van der Waals surface area contributed by atoms with Crippen molar-refractivity contribution < 1.29 is 4.74 Å². The van der Waals surface area contributed by atoms with Crippen molar-refractivity contribution in [3.05, 3.63) is 64.7 Å². The molecule has 1 aromatic rings. The Balaban J connectivity index is 2.01. The minimum atomic E-state index is 0.475. The number of hydrogen-bond donors (Lipinski definition) is 0. The molecule has 2 heteroatoms. The fraction of sp³-hybridized carbons (Fsp3) is 0.368. The number of benzene rings is 1. The Morgan fingerprint density at radius 3 is 2.81 bits per heavy atom. The minimum absolute atomic E-state index is 0.475. The van der Waals surface area contributed by atoms with E-state index in [1.807, 2.05) is 12.1 Å². The first kappa shape index (κ1) is 15.9. The third kappa shape index (κ3) is 5.09. The van der Waals surface area contributed by atoms with Gasteiger partial charge in [-0.1, -0.05) is 61.9 Å². The number of ether oxygens (including phenoxy) is 1. The Kier molecular flexibility index (Phi) is 6.13. The maximum absolute atomic E-state index is 6.30. The molecule has 0 N–H and O–H groups in total. The van der Waals surface area contributed by atoms with Crippen molar-refractivity contribution in [1.82, 2.24) is 0 Å². The van der Waals surface area contributed by atoms with Gasteiger partial charge < -0.3 is 4.74 Å². The number of allylic oxidation sites excluding steroid dienone is 4. The molecule has 2 rings (SSSR count). The molecule has 0 saturated carbocycles. The molecule has 0 atom stereocenters. The summed E-state index contributed by atoms with van der Waals surface area (Å²) in [5, 5.41) is 0.689. The molecule has 0 unspecified atom stereocenters. The van der Waals surface area contributed by atoms with Crippen LogP contribution in [0.15, 0.2) is 54.2 Å². The summed E-state index contributed by atoms with van der Waals surface area (Å²) < 4.78 is 5.87. The third-order valence-corrected chi connectivity index (χ3v) is 3.85. The summed E-state index contributed by atoms with van der Waals surface area (Å²) in [6.45, 7) is 4.88. The van der Waals surface area contributed by atoms with Crippen LogP contribution in [0.2, 0.25) is 5.02 Å². The van der Waals surface area contributed by atoms with Crippen molar-refractivity contribution in [2.24, 2.45) is 0 Å². The average molecular weight is 303 g/mol. The first-order valence-electron chi connectivity index (χ1n) is 7.61. The van der Waals surface area contributed by atoms with E-state index in [2.05, 4.69) is 50.3 Å². The van der Waals surface area contributed by atoms with Crippen LogP contribution >= 0.6 is 11.6 Å². The lowest BCUT2D eigenvalue weighted by atomic mass is 10.0. The molecule has 1 nitrogen and oxygen atoms in total. The Hall–Kier alpha value is -1.47. The summed E-state index contributed by atoms with van der Waals surface area (Å²) in [5.74, 6) is 1.23. The zero-order valence-corrected chi connectivity index (χ0v) is 13.6. The van der Waals surface area contributed by atoms with Gasteiger partial charge in [-0.3, -0.25) is 0 Å². The molecule has 0 saturated heterocycles. The summed E-state index contributed by atoms with van der Waals surface area (Å²) >= 11 is 6.30. The maximum atomic E-state index is 6.30. The van der Waals surface area contributed by atoms with Gasteiger partial charge in [0.25, 0.3) is 0 Å². The van der Waals surface area contributed by atoms with E-state index in [0.717, 1.165) is 18.6 Å². The molecular formula is C19H23ClO. The van der Waals surface area contributed by atoms with Crippen molar-refractivity contribution in [3.63, 3.8) is 0 Å². The van der Waals surface area contributed by atoms with Crippen LogP contribution in [0.4, 0.5) is 0 Å². The molecule has 0 aromatic heterocycles. The highest BCUT2D eigenvalue weighted by Crippen LogP contribution is 2.28. The fourth-order valence-corrected chi connectivity index (χ4v) is 2.45. The van der Waals surface area contributed by atoms with Gasteiger partial charge in [0, 0.05) is 0 Å². The standard InChI is InChI=1S/C19H23ClO/c1-15(2)17-11-12-19(18(20)13-17)21-14-16-9-7-5-3-4-6-8-10-16/h3,5,7,9-13,15H,4,6,8,14H2,1-2H3/b5-3+,9-7?,16-10?. The van der Waals surface area contributed by atoms with Crippen molar-refractivity contribution in [2.75, 3.05) is 6.61 Å². The van der Waals surface area contributed by atoms with Gasteiger partial charge in [-0.2, -0.15) is 0 Å². The van der Waals surface area contributed by atoms with E-state index in [9.17, 15) is 0 Å². The van der Waals surface area contributed by atoms with Crippen LogP contribution in [0.1, 0.15) is 44.6 Å². The van der Waals surface area contributed by atoms with Crippen LogP contribution in [0.3, 0.4) is 0 Å². The molecule has 0 amide bonds. The van der Waals surface area contributed by atoms with Crippen molar-refractivity contribution in [3.8, 4) is 5.75 Å². The van der Waals surface area contributed by atoms with Crippen molar-refractivity contribution in [1.29, 1.82) is 0 Å². The molecule has 21 heavy (non-hydrogen) atoms. The second-order valence-corrected chi connectivity index (χ2v) is 6.04. The molecule has 1 aromatic carbocycles. The normalized spacial score (nSPS) is 16.9. The van der Waals surface area contributed by atoms with E-state index >= 15 is 0 Å². The molecule has 0 fully saturated rings. The Labute approximate surface area is 133 Å². The van der Waals surface area contributed by atoms with Gasteiger partial charge in [0.15, 0.2) is 0 Å². The molecule has 0 bridgehead atoms. The van der Waals surface area contributed by atoms with E-state index in [-0.39, 0.29) is 0 Å². The Bertz CT molecular complexity index is 553. The monoisotopic (exact) mass is 302 g/mol. The van der Waals surface area contributed by atoms with Crippen molar-refractivity contribution >= 4 is 11.6 Å². The highest BCUT2D eigenvalue weighted by molar-refractivity contribution is 6.32. The first-order chi connectivity index (χ1) is 10.2. The summed E-state index contributed by atoms with van der Waals surface area (Å²) in [5.41, 5.74) is 2.43. The first-order valence-corrected chi connectivity index (χ1v) is 7.99. The van der Waals surface area contributed by atoms with E-state index in [0.29, 0.717) is 17.5 Å². The molecule has 0 heterocycles. The van der Waals surface area contributed by atoms with E-state index < -0.39 is 0 Å². The van der Waals surface area contributed by atoms with E-state index in [4.69, 9.17) is 16.3 Å². The molecule has 1 aliphatic carbocycles. The topological polar surface area (TPSA) is 9.23 Å². The molecule has 0 aliphatic heterocycles. The SMILES string of the molecule is CC(C)c1ccc(OCC2=CCCC/C=C/C=C2)c(Cl)c1. The summed E-state index contributed by atoms with van der Waals surface area (Å²) in [6, 6.07) is 6.05. The molecular weight excluding hydrogens is 280 g/mol. The molecule has 0 spiro atoms. The van der Waals surface area contributed by atoms with Gasteiger partial charge >= 0.3 is 0 Å². The second kappa shape index (κ2) is 8.09. The van der Waals surface area contributed by atoms with E-state index in [1.165, 1.54) is 17.6 Å². The highest BCUT2D eigenvalue weighted by Gasteiger charge is 2.06. The van der Waals surface area contributed by atoms with Crippen LogP contribution in [0, 0.1) is 0 Å². The van der Waals surface area contributed by atoms with Gasteiger partial charge in [-0.15, -0.1) is 0 Å². The minimum Gasteiger partial charge on any atom is -0.487 e.